The Morgan fingerprint density at radius 1 is 1.50 bits per heavy atom. The fourth-order valence-corrected chi connectivity index (χ4v) is 1.31. The van der Waals surface area contributed by atoms with Crippen LogP contribution in [0.1, 0.15) is 25.8 Å². The molecule has 0 saturated heterocycles. The number of methoxy groups -OCH3 is 1. The van der Waals surface area contributed by atoms with Crippen LogP contribution in [0.25, 0.3) is 0 Å². The summed E-state index contributed by atoms with van der Waals surface area (Å²) in [5.74, 6) is 0.803. The van der Waals surface area contributed by atoms with Crippen molar-refractivity contribution in [3.8, 4) is 11.8 Å². The summed E-state index contributed by atoms with van der Waals surface area (Å²) in [7, 11) is 1.63. The van der Waals surface area contributed by atoms with Crippen LogP contribution in [-0.4, -0.2) is 7.11 Å². The van der Waals surface area contributed by atoms with E-state index in [4.69, 9.17) is 10.00 Å². The van der Waals surface area contributed by atoms with Crippen LogP contribution >= 0.6 is 0 Å². The van der Waals surface area contributed by atoms with Crippen molar-refractivity contribution in [1.29, 1.82) is 5.26 Å². The lowest BCUT2D eigenvalue weighted by atomic mass is 9.82. The molecule has 0 aliphatic carbocycles. The molecule has 0 aliphatic heterocycles. The van der Waals surface area contributed by atoms with E-state index in [-0.39, 0.29) is 0 Å². The Morgan fingerprint density at radius 2 is 2.21 bits per heavy atom. The zero-order chi connectivity index (χ0) is 10.6. The maximum Gasteiger partial charge on any atom is 0.119 e. The molecule has 0 heterocycles. The Bertz CT molecular complexity index is 354. The number of benzene rings is 1. The zero-order valence-corrected chi connectivity index (χ0v) is 8.87. The smallest absolute Gasteiger partial charge is 0.119 e. The fraction of sp³-hybridized carbons (Fsp3) is 0.417. The molecule has 0 bridgehead atoms. The fourth-order valence-electron chi connectivity index (χ4n) is 1.31. The molecule has 2 nitrogen and oxygen atoms in total. The van der Waals surface area contributed by atoms with E-state index in [1.54, 1.807) is 7.11 Å². The standard InChI is InChI=1S/C12H15NO/c1-4-12(2,9-13)10-6-5-7-11(8-10)14-3/h5-8H,4H2,1-3H3. The minimum atomic E-state index is -0.408. The number of ether oxygens (including phenoxy) is 1. The summed E-state index contributed by atoms with van der Waals surface area (Å²) in [5.41, 5.74) is 0.607. The quantitative estimate of drug-likeness (QED) is 0.732. The minimum Gasteiger partial charge on any atom is -0.497 e. The summed E-state index contributed by atoms with van der Waals surface area (Å²) >= 11 is 0. The van der Waals surface area contributed by atoms with Crippen LogP contribution in [0.3, 0.4) is 0 Å². The van der Waals surface area contributed by atoms with E-state index >= 15 is 0 Å². The number of hydrogen-bond acceptors (Lipinski definition) is 2. The van der Waals surface area contributed by atoms with Crippen molar-refractivity contribution in [2.24, 2.45) is 0 Å². The van der Waals surface area contributed by atoms with Crippen molar-refractivity contribution in [3.05, 3.63) is 29.8 Å². The number of nitrogens with zero attached hydrogens (tertiary/aromatic N) is 1. The maximum absolute atomic E-state index is 9.11. The molecule has 1 atom stereocenters. The second-order valence-corrected chi connectivity index (χ2v) is 3.53. The molecule has 0 radical (unpaired) electrons. The summed E-state index contributed by atoms with van der Waals surface area (Å²) in [6.07, 6.45) is 0.802. The van der Waals surface area contributed by atoms with Gasteiger partial charge < -0.3 is 4.74 Å². The van der Waals surface area contributed by atoms with E-state index in [9.17, 15) is 0 Å². The van der Waals surface area contributed by atoms with E-state index in [0.29, 0.717) is 0 Å². The molecule has 2 heteroatoms. The molecule has 74 valence electrons. The summed E-state index contributed by atoms with van der Waals surface area (Å²) in [6, 6.07) is 10.0. The van der Waals surface area contributed by atoms with Crippen molar-refractivity contribution in [3.63, 3.8) is 0 Å². The van der Waals surface area contributed by atoms with Gasteiger partial charge in [-0.05, 0) is 31.0 Å². The second-order valence-electron chi connectivity index (χ2n) is 3.53. The molecule has 14 heavy (non-hydrogen) atoms. The van der Waals surface area contributed by atoms with Gasteiger partial charge >= 0.3 is 0 Å². The predicted octanol–water partition coefficient (Wildman–Crippen LogP) is 2.89. The van der Waals surface area contributed by atoms with Crippen LogP contribution in [0, 0.1) is 11.3 Å². The highest BCUT2D eigenvalue weighted by Crippen LogP contribution is 2.28. The minimum absolute atomic E-state index is 0.408. The molecule has 0 fully saturated rings. The van der Waals surface area contributed by atoms with Gasteiger partial charge in [-0.2, -0.15) is 5.26 Å². The average molecular weight is 189 g/mol. The summed E-state index contributed by atoms with van der Waals surface area (Å²) in [5, 5.41) is 9.11. The van der Waals surface area contributed by atoms with Gasteiger partial charge in [0.2, 0.25) is 0 Å². The van der Waals surface area contributed by atoms with Crippen molar-refractivity contribution in [1.82, 2.24) is 0 Å². The monoisotopic (exact) mass is 189 g/mol. The summed E-state index contributed by atoms with van der Waals surface area (Å²) in [4.78, 5) is 0. The number of rotatable bonds is 3. The molecule has 0 amide bonds. The Balaban J connectivity index is 3.12. The molecular weight excluding hydrogens is 174 g/mol. The van der Waals surface area contributed by atoms with Crippen molar-refractivity contribution >= 4 is 0 Å². The maximum atomic E-state index is 9.11. The van der Waals surface area contributed by atoms with Crippen molar-refractivity contribution in [2.45, 2.75) is 25.7 Å². The van der Waals surface area contributed by atoms with E-state index in [1.165, 1.54) is 0 Å². The molecule has 1 aromatic carbocycles. The van der Waals surface area contributed by atoms with Gasteiger partial charge in [-0.3, -0.25) is 0 Å². The number of nitriles is 1. The number of hydrogen-bond donors (Lipinski definition) is 0. The largest absolute Gasteiger partial charge is 0.497 e. The topological polar surface area (TPSA) is 33.0 Å². The van der Waals surface area contributed by atoms with Crippen LogP contribution in [0.5, 0.6) is 5.75 Å². The van der Waals surface area contributed by atoms with Crippen LogP contribution < -0.4 is 4.74 Å². The molecular formula is C12H15NO. The van der Waals surface area contributed by atoms with E-state index < -0.39 is 5.41 Å². The van der Waals surface area contributed by atoms with Crippen molar-refractivity contribution < 1.29 is 4.74 Å². The Kier molecular flexibility index (Phi) is 3.14. The summed E-state index contributed by atoms with van der Waals surface area (Å²) in [6.45, 7) is 3.96. The second kappa shape index (κ2) is 4.15. The highest BCUT2D eigenvalue weighted by atomic mass is 16.5. The van der Waals surface area contributed by atoms with Gasteiger partial charge in [-0.25, -0.2) is 0 Å². The molecule has 1 aromatic rings. The first kappa shape index (κ1) is 10.6. The van der Waals surface area contributed by atoms with Crippen LogP contribution in [0.15, 0.2) is 24.3 Å². The molecule has 0 spiro atoms. The third kappa shape index (κ3) is 1.88. The SMILES string of the molecule is CCC(C)(C#N)c1cccc(OC)c1. The molecule has 0 aromatic heterocycles. The van der Waals surface area contributed by atoms with E-state index in [1.807, 2.05) is 38.1 Å². The Hall–Kier alpha value is -1.49. The van der Waals surface area contributed by atoms with Crippen LogP contribution in [0.4, 0.5) is 0 Å². The first-order valence-corrected chi connectivity index (χ1v) is 4.72. The normalized spacial score (nSPS) is 14.1. The third-order valence-electron chi connectivity index (χ3n) is 2.66. The van der Waals surface area contributed by atoms with E-state index in [0.717, 1.165) is 17.7 Å². The lowest BCUT2D eigenvalue weighted by Crippen LogP contribution is -2.17. The highest BCUT2D eigenvalue weighted by Gasteiger charge is 2.24. The third-order valence-corrected chi connectivity index (χ3v) is 2.66. The first-order valence-electron chi connectivity index (χ1n) is 4.72. The zero-order valence-electron chi connectivity index (χ0n) is 8.87. The van der Waals surface area contributed by atoms with Gasteiger partial charge in [0.15, 0.2) is 0 Å². The predicted molar refractivity (Wildman–Crippen MR) is 56.3 cm³/mol. The first-order chi connectivity index (χ1) is 6.66. The van der Waals surface area contributed by atoms with Crippen LogP contribution in [-0.2, 0) is 5.41 Å². The van der Waals surface area contributed by atoms with Gasteiger partial charge in [-0.1, -0.05) is 19.1 Å². The van der Waals surface area contributed by atoms with Gasteiger partial charge in [0.25, 0.3) is 0 Å². The molecule has 0 aliphatic rings. The lowest BCUT2D eigenvalue weighted by molar-refractivity contribution is 0.413. The van der Waals surface area contributed by atoms with Gasteiger partial charge in [0.05, 0.1) is 18.6 Å². The summed E-state index contributed by atoms with van der Waals surface area (Å²) < 4.78 is 5.13. The average Bonchev–Trinajstić information content (AvgIpc) is 2.28. The van der Waals surface area contributed by atoms with E-state index in [2.05, 4.69) is 6.07 Å². The molecule has 0 saturated carbocycles. The Labute approximate surface area is 85.1 Å². The van der Waals surface area contributed by atoms with Crippen molar-refractivity contribution in [2.75, 3.05) is 7.11 Å². The van der Waals surface area contributed by atoms with Gasteiger partial charge in [-0.15, -0.1) is 0 Å². The lowest BCUT2D eigenvalue weighted by Gasteiger charge is -2.20. The Morgan fingerprint density at radius 3 is 2.71 bits per heavy atom. The molecule has 1 rings (SSSR count). The van der Waals surface area contributed by atoms with Crippen LogP contribution in [0.2, 0.25) is 0 Å². The molecule has 0 N–H and O–H groups in total. The highest BCUT2D eigenvalue weighted by molar-refractivity contribution is 5.37. The molecule has 1 unspecified atom stereocenters. The van der Waals surface area contributed by atoms with Gasteiger partial charge in [0, 0.05) is 0 Å². The van der Waals surface area contributed by atoms with Gasteiger partial charge in [0.1, 0.15) is 5.75 Å².